The van der Waals surface area contributed by atoms with Crippen molar-refractivity contribution in [1.82, 2.24) is 14.9 Å². The molecule has 2 aromatic rings. The van der Waals surface area contributed by atoms with E-state index >= 15 is 0 Å². The van der Waals surface area contributed by atoms with E-state index in [1.807, 2.05) is 23.9 Å². The molecule has 144 valence electrons. The number of likely N-dealkylation sites (tertiary alicyclic amines) is 1. The highest BCUT2D eigenvalue weighted by atomic mass is 16.5. The maximum atomic E-state index is 12.6. The summed E-state index contributed by atoms with van der Waals surface area (Å²) in [6.07, 6.45) is 4.52. The van der Waals surface area contributed by atoms with Crippen LogP contribution in [0.15, 0.2) is 36.7 Å². The second-order valence-electron chi connectivity index (χ2n) is 7.55. The van der Waals surface area contributed by atoms with Gasteiger partial charge in [-0.1, -0.05) is 38.1 Å². The van der Waals surface area contributed by atoms with Gasteiger partial charge < -0.3 is 14.5 Å². The minimum absolute atomic E-state index is 0.0380. The van der Waals surface area contributed by atoms with Crippen LogP contribution >= 0.6 is 0 Å². The fraction of sp³-hybridized carbons (Fsp3) is 0.476. The Morgan fingerprint density at radius 1 is 1.26 bits per heavy atom. The lowest BCUT2D eigenvalue weighted by Crippen LogP contribution is -2.32. The predicted octanol–water partition coefficient (Wildman–Crippen LogP) is 2.89. The topological polar surface area (TPSA) is 58.6 Å². The van der Waals surface area contributed by atoms with Crippen LogP contribution in [0.2, 0.25) is 0 Å². The maximum Gasteiger partial charge on any atom is 0.234 e. The highest BCUT2D eigenvalue weighted by Gasteiger charge is 2.28. The molecule has 1 aliphatic rings. The summed E-state index contributed by atoms with van der Waals surface area (Å²) >= 11 is 0. The normalized spacial score (nSPS) is 16.6. The largest absolute Gasteiger partial charge is 0.471 e. The van der Waals surface area contributed by atoms with Crippen LogP contribution in [0, 0.1) is 0 Å². The summed E-state index contributed by atoms with van der Waals surface area (Å²) in [5, 5.41) is 0. The Labute approximate surface area is 161 Å². The number of benzene rings is 1. The van der Waals surface area contributed by atoms with Crippen LogP contribution in [0.1, 0.15) is 37.3 Å². The van der Waals surface area contributed by atoms with E-state index in [4.69, 9.17) is 4.74 Å². The van der Waals surface area contributed by atoms with Crippen molar-refractivity contribution in [3.05, 3.63) is 47.8 Å². The van der Waals surface area contributed by atoms with Gasteiger partial charge in [-0.3, -0.25) is 9.78 Å². The summed E-state index contributed by atoms with van der Waals surface area (Å²) < 4.78 is 5.94. The van der Waals surface area contributed by atoms with Gasteiger partial charge in [-0.15, -0.1) is 0 Å². The van der Waals surface area contributed by atoms with Crippen molar-refractivity contribution in [3.8, 4) is 5.88 Å². The van der Waals surface area contributed by atoms with E-state index in [2.05, 4.69) is 48.1 Å². The fourth-order valence-electron chi connectivity index (χ4n) is 3.14. The maximum absolute atomic E-state index is 12.6. The zero-order valence-electron chi connectivity index (χ0n) is 16.6. The first-order valence-corrected chi connectivity index (χ1v) is 9.45. The molecule has 0 bridgehead atoms. The number of hydrogen-bond donors (Lipinski definition) is 0. The van der Waals surface area contributed by atoms with Gasteiger partial charge >= 0.3 is 0 Å². The second-order valence-corrected chi connectivity index (χ2v) is 7.55. The second kappa shape index (κ2) is 8.37. The van der Waals surface area contributed by atoms with Crippen LogP contribution in [0.3, 0.4) is 0 Å². The smallest absolute Gasteiger partial charge is 0.234 e. The molecule has 1 aliphatic heterocycles. The number of carbonyl (C=O) groups is 1. The molecule has 3 rings (SSSR count). The molecule has 1 aromatic carbocycles. The average Bonchev–Trinajstić information content (AvgIpc) is 3.11. The number of carbonyl (C=O) groups excluding carboxylic acids is 1. The Bertz CT molecular complexity index is 774. The number of ether oxygens (including phenoxy) is 1. The van der Waals surface area contributed by atoms with E-state index in [-0.39, 0.29) is 12.0 Å². The molecule has 2 heterocycles. The minimum Gasteiger partial charge on any atom is -0.471 e. The van der Waals surface area contributed by atoms with Crippen LogP contribution < -0.4 is 9.64 Å². The summed E-state index contributed by atoms with van der Waals surface area (Å²) in [5.41, 5.74) is 2.35. The summed E-state index contributed by atoms with van der Waals surface area (Å²) in [7, 11) is 3.83. The molecule has 1 unspecified atom stereocenters. The number of aromatic nitrogens is 2. The lowest BCUT2D eigenvalue weighted by atomic mass is 10.0. The Kier molecular flexibility index (Phi) is 5.94. The van der Waals surface area contributed by atoms with E-state index in [0.29, 0.717) is 31.3 Å². The lowest BCUT2D eigenvalue weighted by Gasteiger charge is -2.18. The number of rotatable bonds is 6. The minimum atomic E-state index is -0.0380. The molecule has 27 heavy (non-hydrogen) atoms. The van der Waals surface area contributed by atoms with E-state index in [1.165, 1.54) is 5.56 Å². The van der Waals surface area contributed by atoms with Gasteiger partial charge in [0.2, 0.25) is 11.8 Å². The summed E-state index contributed by atoms with van der Waals surface area (Å²) in [4.78, 5) is 25.0. The molecule has 6 heteroatoms. The molecule has 0 N–H and O–H groups in total. The molecule has 0 spiro atoms. The van der Waals surface area contributed by atoms with Crippen LogP contribution in [0.4, 0.5) is 5.82 Å². The summed E-state index contributed by atoms with van der Waals surface area (Å²) in [6, 6.07) is 8.33. The zero-order chi connectivity index (χ0) is 19.4. The molecule has 1 aromatic heterocycles. The van der Waals surface area contributed by atoms with Gasteiger partial charge in [-0.05, 0) is 17.0 Å². The predicted molar refractivity (Wildman–Crippen MR) is 106 cm³/mol. The Balaban J connectivity index is 1.54. The van der Waals surface area contributed by atoms with Crippen LogP contribution in [0.25, 0.3) is 0 Å². The van der Waals surface area contributed by atoms with Crippen molar-refractivity contribution in [2.75, 3.05) is 32.1 Å². The molecule has 0 radical (unpaired) electrons. The third-order valence-electron chi connectivity index (χ3n) is 4.84. The van der Waals surface area contributed by atoms with E-state index < -0.39 is 0 Å². The monoisotopic (exact) mass is 368 g/mol. The Morgan fingerprint density at radius 2 is 2.00 bits per heavy atom. The van der Waals surface area contributed by atoms with Crippen molar-refractivity contribution >= 4 is 11.7 Å². The van der Waals surface area contributed by atoms with Gasteiger partial charge in [0.05, 0.1) is 25.4 Å². The number of anilines is 1. The first-order chi connectivity index (χ1) is 12.9. The number of amides is 1. The molecule has 1 amide bonds. The van der Waals surface area contributed by atoms with E-state index in [0.717, 1.165) is 17.8 Å². The highest BCUT2D eigenvalue weighted by Crippen LogP contribution is 2.20. The van der Waals surface area contributed by atoms with Gasteiger partial charge in [0, 0.05) is 27.1 Å². The van der Waals surface area contributed by atoms with Crippen molar-refractivity contribution in [2.24, 2.45) is 0 Å². The first kappa shape index (κ1) is 19.1. The average molecular weight is 368 g/mol. The van der Waals surface area contributed by atoms with Crippen molar-refractivity contribution in [1.29, 1.82) is 0 Å². The molecular formula is C21H28N4O2. The first-order valence-electron chi connectivity index (χ1n) is 9.45. The molecular weight excluding hydrogens is 340 g/mol. The van der Waals surface area contributed by atoms with Crippen LogP contribution in [-0.4, -0.2) is 54.1 Å². The summed E-state index contributed by atoms with van der Waals surface area (Å²) in [6.45, 7) is 5.65. The highest BCUT2D eigenvalue weighted by molar-refractivity contribution is 5.79. The van der Waals surface area contributed by atoms with Crippen molar-refractivity contribution < 1.29 is 9.53 Å². The SMILES string of the molecule is CC(C)c1ccc(CC(=O)N2CCC(Oc3cncc(N(C)C)n3)C2)cc1. The molecule has 1 fully saturated rings. The molecule has 0 aliphatic carbocycles. The number of hydrogen-bond acceptors (Lipinski definition) is 5. The third-order valence-corrected chi connectivity index (χ3v) is 4.84. The van der Waals surface area contributed by atoms with Crippen LogP contribution in [0.5, 0.6) is 5.88 Å². The molecule has 1 saturated heterocycles. The zero-order valence-corrected chi connectivity index (χ0v) is 16.6. The molecule has 6 nitrogen and oxygen atoms in total. The van der Waals surface area contributed by atoms with Crippen molar-refractivity contribution in [3.63, 3.8) is 0 Å². The quantitative estimate of drug-likeness (QED) is 0.785. The fourth-order valence-corrected chi connectivity index (χ4v) is 3.14. The van der Waals surface area contributed by atoms with Crippen LogP contribution in [-0.2, 0) is 11.2 Å². The van der Waals surface area contributed by atoms with Gasteiger partial charge in [-0.25, -0.2) is 0 Å². The summed E-state index contributed by atoms with van der Waals surface area (Å²) in [5.74, 6) is 1.90. The van der Waals surface area contributed by atoms with Gasteiger partial charge in [0.25, 0.3) is 0 Å². The number of nitrogens with zero attached hydrogens (tertiary/aromatic N) is 4. The Hall–Kier alpha value is -2.63. The third kappa shape index (κ3) is 4.96. The molecule has 1 atom stereocenters. The molecule has 0 saturated carbocycles. The van der Waals surface area contributed by atoms with Gasteiger partial charge in [-0.2, -0.15) is 4.98 Å². The van der Waals surface area contributed by atoms with E-state index in [9.17, 15) is 4.79 Å². The lowest BCUT2D eigenvalue weighted by molar-refractivity contribution is -0.129. The van der Waals surface area contributed by atoms with Gasteiger partial charge in [0.15, 0.2) is 5.82 Å². The standard InChI is InChI=1S/C21H28N4O2/c1-15(2)17-7-5-16(6-8-17)11-21(26)25-10-9-18(14-25)27-20-13-22-12-19(23-20)24(3)4/h5-8,12-13,15,18H,9-11,14H2,1-4H3. The Morgan fingerprint density at radius 3 is 2.67 bits per heavy atom. The van der Waals surface area contributed by atoms with Gasteiger partial charge in [0.1, 0.15) is 6.10 Å². The van der Waals surface area contributed by atoms with Crippen molar-refractivity contribution in [2.45, 2.75) is 38.7 Å². The van der Waals surface area contributed by atoms with E-state index in [1.54, 1.807) is 12.4 Å².